The van der Waals surface area contributed by atoms with Gasteiger partial charge in [-0.1, -0.05) is 11.6 Å². The predicted octanol–water partition coefficient (Wildman–Crippen LogP) is 4.13. The van der Waals surface area contributed by atoms with Crippen LogP contribution in [0.2, 0.25) is 5.02 Å². The molecule has 130 valence electrons. The Bertz CT molecular complexity index is 771. The number of aromatic nitrogens is 1. The Morgan fingerprint density at radius 3 is 2.60 bits per heavy atom. The van der Waals surface area contributed by atoms with Crippen LogP contribution < -0.4 is 10.1 Å². The molecule has 5 heteroatoms. The lowest BCUT2D eigenvalue weighted by Crippen LogP contribution is -2.32. The molecule has 0 unspecified atom stereocenters. The number of ether oxygens (including phenoxy) is 1. The number of halogens is 1. The molecule has 4 rings (SSSR count). The molecule has 1 amide bonds. The molecule has 1 N–H and O–H groups in total. The first-order chi connectivity index (χ1) is 12.2. The normalized spacial score (nSPS) is 18.3. The van der Waals surface area contributed by atoms with Crippen molar-refractivity contribution in [3.05, 3.63) is 58.9 Å². The number of pyridine rings is 1. The molecule has 2 aliphatic carbocycles. The van der Waals surface area contributed by atoms with Crippen LogP contribution in [-0.2, 0) is 5.41 Å². The van der Waals surface area contributed by atoms with Gasteiger partial charge in [-0.05, 0) is 68.0 Å². The highest BCUT2D eigenvalue weighted by molar-refractivity contribution is 6.34. The molecule has 2 aliphatic rings. The van der Waals surface area contributed by atoms with E-state index in [0.29, 0.717) is 23.2 Å². The molecule has 1 heterocycles. The van der Waals surface area contributed by atoms with E-state index in [4.69, 9.17) is 16.3 Å². The second-order valence-electron chi connectivity index (χ2n) is 7.01. The van der Waals surface area contributed by atoms with Gasteiger partial charge in [0.15, 0.2) is 0 Å². The first kappa shape index (κ1) is 16.4. The first-order valence-corrected chi connectivity index (χ1v) is 9.19. The second-order valence-corrected chi connectivity index (χ2v) is 7.42. The third-order valence-corrected chi connectivity index (χ3v) is 5.59. The van der Waals surface area contributed by atoms with E-state index >= 15 is 0 Å². The Labute approximate surface area is 152 Å². The number of amides is 1. The summed E-state index contributed by atoms with van der Waals surface area (Å²) in [6.07, 6.45) is 9.47. The van der Waals surface area contributed by atoms with Crippen LogP contribution in [-0.4, -0.2) is 23.5 Å². The molecule has 25 heavy (non-hydrogen) atoms. The number of hydrogen-bond donors (Lipinski definition) is 1. The maximum absolute atomic E-state index is 12.5. The fourth-order valence-corrected chi connectivity index (χ4v) is 3.46. The number of carbonyl (C=O) groups excluding carboxylic acids is 1. The van der Waals surface area contributed by atoms with Gasteiger partial charge in [0.1, 0.15) is 5.75 Å². The maximum atomic E-state index is 12.5. The van der Waals surface area contributed by atoms with Crippen molar-refractivity contribution in [2.75, 3.05) is 6.54 Å². The van der Waals surface area contributed by atoms with E-state index in [1.165, 1.54) is 12.0 Å². The minimum atomic E-state index is -0.138. The zero-order valence-electron chi connectivity index (χ0n) is 14.0. The topological polar surface area (TPSA) is 51.2 Å². The van der Waals surface area contributed by atoms with Crippen LogP contribution in [0.4, 0.5) is 0 Å². The lowest BCUT2D eigenvalue weighted by molar-refractivity contribution is 0.0949. The van der Waals surface area contributed by atoms with Crippen LogP contribution in [0.3, 0.4) is 0 Å². The van der Waals surface area contributed by atoms with Gasteiger partial charge in [-0.3, -0.25) is 9.78 Å². The molecule has 0 spiro atoms. The van der Waals surface area contributed by atoms with Crippen LogP contribution in [0.5, 0.6) is 5.75 Å². The molecule has 0 saturated heterocycles. The zero-order valence-corrected chi connectivity index (χ0v) is 14.8. The summed E-state index contributed by atoms with van der Waals surface area (Å²) in [6, 6.07) is 9.37. The van der Waals surface area contributed by atoms with Gasteiger partial charge >= 0.3 is 0 Å². The Hall–Kier alpha value is -2.07. The van der Waals surface area contributed by atoms with Crippen LogP contribution in [0, 0.1) is 0 Å². The monoisotopic (exact) mass is 356 g/mol. The Kier molecular flexibility index (Phi) is 4.38. The standard InChI is InChI=1S/C20H21ClN2O2/c21-18-12-16(25-15-2-1-3-15)4-5-17(18)19(24)23-13-20(8-9-20)14-6-10-22-11-7-14/h4-7,10-12,15H,1-3,8-9,13H2,(H,23,24). The van der Waals surface area contributed by atoms with E-state index < -0.39 is 0 Å². The minimum Gasteiger partial charge on any atom is -0.490 e. The summed E-state index contributed by atoms with van der Waals surface area (Å²) in [7, 11) is 0. The number of carbonyl (C=O) groups is 1. The smallest absolute Gasteiger partial charge is 0.252 e. The summed E-state index contributed by atoms with van der Waals surface area (Å²) in [6.45, 7) is 0.618. The van der Waals surface area contributed by atoms with Gasteiger partial charge in [-0.25, -0.2) is 0 Å². The fourth-order valence-electron chi connectivity index (χ4n) is 3.20. The average Bonchev–Trinajstić information content (AvgIpc) is 3.38. The third-order valence-electron chi connectivity index (χ3n) is 5.27. The average molecular weight is 357 g/mol. The number of benzene rings is 1. The van der Waals surface area contributed by atoms with Gasteiger partial charge in [-0.15, -0.1) is 0 Å². The van der Waals surface area contributed by atoms with Gasteiger partial charge < -0.3 is 10.1 Å². The van der Waals surface area contributed by atoms with Crippen LogP contribution in [0.15, 0.2) is 42.7 Å². The molecule has 2 aromatic rings. The molecule has 2 fully saturated rings. The molecule has 2 saturated carbocycles. The number of nitrogens with zero attached hydrogens (tertiary/aromatic N) is 1. The van der Waals surface area contributed by atoms with Gasteiger partial charge in [0.25, 0.3) is 5.91 Å². The highest BCUT2D eigenvalue weighted by Gasteiger charge is 2.44. The molecule has 0 atom stereocenters. The molecule has 1 aromatic heterocycles. The Morgan fingerprint density at radius 1 is 1.24 bits per heavy atom. The van der Waals surface area contributed by atoms with Crippen molar-refractivity contribution in [1.29, 1.82) is 0 Å². The highest BCUT2D eigenvalue weighted by atomic mass is 35.5. The van der Waals surface area contributed by atoms with E-state index in [9.17, 15) is 4.79 Å². The molecule has 0 radical (unpaired) electrons. The Balaban J connectivity index is 1.39. The highest BCUT2D eigenvalue weighted by Crippen LogP contribution is 2.47. The van der Waals surface area contributed by atoms with Crippen molar-refractivity contribution in [2.45, 2.75) is 43.6 Å². The van der Waals surface area contributed by atoms with Crippen molar-refractivity contribution in [2.24, 2.45) is 0 Å². The van der Waals surface area contributed by atoms with Crippen molar-refractivity contribution >= 4 is 17.5 Å². The first-order valence-electron chi connectivity index (χ1n) is 8.81. The summed E-state index contributed by atoms with van der Waals surface area (Å²) in [5, 5.41) is 3.47. The maximum Gasteiger partial charge on any atom is 0.252 e. The summed E-state index contributed by atoms with van der Waals surface area (Å²) < 4.78 is 5.83. The Morgan fingerprint density at radius 2 is 2.00 bits per heavy atom. The summed E-state index contributed by atoms with van der Waals surface area (Å²) in [5.41, 5.74) is 1.78. The fraction of sp³-hybridized carbons (Fsp3) is 0.400. The predicted molar refractivity (Wildman–Crippen MR) is 97.2 cm³/mol. The summed E-state index contributed by atoms with van der Waals surface area (Å²) >= 11 is 6.30. The lowest BCUT2D eigenvalue weighted by Gasteiger charge is -2.26. The second kappa shape index (κ2) is 6.68. The van der Waals surface area contributed by atoms with Crippen molar-refractivity contribution in [3.63, 3.8) is 0 Å². The summed E-state index contributed by atoms with van der Waals surface area (Å²) in [4.78, 5) is 16.6. The quantitative estimate of drug-likeness (QED) is 0.846. The van der Waals surface area contributed by atoms with Crippen LogP contribution >= 0.6 is 11.6 Å². The third kappa shape index (κ3) is 3.49. The van der Waals surface area contributed by atoms with Crippen molar-refractivity contribution < 1.29 is 9.53 Å². The molecular formula is C20H21ClN2O2. The largest absolute Gasteiger partial charge is 0.490 e. The van der Waals surface area contributed by atoms with Crippen molar-refractivity contribution in [1.82, 2.24) is 10.3 Å². The van der Waals surface area contributed by atoms with Crippen LogP contribution in [0.1, 0.15) is 48.0 Å². The van der Waals surface area contributed by atoms with E-state index in [1.807, 2.05) is 18.2 Å². The van der Waals surface area contributed by atoms with Gasteiger partial charge in [0.2, 0.25) is 0 Å². The summed E-state index contributed by atoms with van der Waals surface area (Å²) in [5.74, 6) is 0.599. The van der Waals surface area contributed by atoms with Crippen LogP contribution in [0.25, 0.3) is 0 Å². The zero-order chi connectivity index (χ0) is 17.3. The van der Waals surface area contributed by atoms with Gasteiger partial charge in [-0.2, -0.15) is 0 Å². The SMILES string of the molecule is O=C(NCC1(c2ccncc2)CC1)c1ccc(OC2CCC2)cc1Cl. The van der Waals surface area contributed by atoms with Crippen molar-refractivity contribution in [3.8, 4) is 5.75 Å². The molecule has 0 bridgehead atoms. The number of rotatable bonds is 6. The lowest BCUT2D eigenvalue weighted by atomic mass is 9.96. The van der Waals surface area contributed by atoms with E-state index in [-0.39, 0.29) is 11.3 Å². The van der Waals surface area contributed by atoms with E-state index in [0.717, 1.165) is 31.4 Å². The number of hydrogen-bond acceptors (Lipinski definition) is 3. The molecule has 1 aromatic carbocycles. The van der Waals surface area contributed by atoms with Gasteiger partial charge in [0, 0.05) is 24.4 Å². The number of nitrogens with one attached hydrogen (secondary N) is 1. The molecular weight excluding hydrogens is 336 g/mol. The van der Waals surface area contributed by atoms with Gasteiger partial charge in [0.05, 0.1) is 16.7 Å². The molecule has 4 nitrogen and oxygen atoms in total. The van der Waals surface area contributed by atoms with E-state index in [1.54, 1.807) is 24.5 Å². The van der Waals surface area contributed by atoms with E-state index in [2.05, 4.69) is 10.3 Å². The molecule has 0 aliphatic heterocycles. The minimum absolute atomic E-state index is 0.0539.